The maximum Gasteiger partial charge on any atom is 0.325 e. The minimum atomic E-state index is -0.863. The first-order valence-electron chi connectivity index (χ1n) is 9.24. The minimum Gasteiger partial charge on any atom is -0.480 e. The van der Waals surface area contributed by atoms with Crippen molar-refractivity contribution in [2.45, 2.75) is 31.7 Å². The number of carbonyl (C=O) groups excluding carboxylic acids is 1. The summed E-state index contributed by atoms with van der Waals surface area (Å²) in [6.45, 7) is 2.93. The number of aliphatic carboxylic acids is 1. The van der Waals surface area contributed by atoms with Crippen molar-refractivity contribution in [2.75, 3.05) is 32.8 Å². The fourth-order valence-corrected chi connectivity index (χ4v) is 3.60. The molecular weight excluding hydrogens is 332 g/mol. The van der Waals surface area contributed by atoms with Gasteiger partial charge in [0.1, 0.15) is 6.04 Å². The molecule has 0 aromatic heterocycles. The molecule has 0 bridgehead atoms. The fourth-order valence-electron chi connectivity index (χ4n) is 3.60. The van der Waals surface area contributed by atoms with E-state index in [0.29, 0.717) is 45.7 Å². The second-order valence-electron chi connectivity index (χ2n) is 6.77. The lowest BCUT2D eigenvalue weighted by molar-refractivity contribution is -0.143. The summed E-state index contributed by atoms with van der Waals surface area (Å²) in [5, 5.41) is 9.91. The Labute approximate surface area is 154 Å². The van der Waals surface area contributed by atoms with Crippen LogP contribution >= 0.6 is 0 Å². The lowest BCUT2D eigenvalue weighted by Gasteiger charge is -2.34. The summed E-state index contributed by atoms with van der Waals surface area (Å²) < 4.78 is 5.37. The standard InChI is InChI=1S/C20H26N2O4/c23-18-7-4-10-22(18)15-17(9-8-16-5-2-1-3-6-16)19(20(24)25)21-11-13-26-14-12-21/h1-3,5-6,15,19H,4,7-14H2,(H,24,25)/b17-15+. The molecule has 1 N–H and O–H groups in total. The Kier molecular flexibility index (Phi) is 6.41. The third-order valence-electron chi connectivity index (χ3n) is 4.97. The van der Waals surface area contributed by atoms with E-state index in [1.807, 2.05) is 35.2 Å². The van der Waals surface area contributed by atoms with Crippen LogP contribution in [0.5, 0.6) is 0 Å². The molecule has 0 aliphatic carbocycles. The molecule has 26 heavy (non-hydrogen) atoms. The number of ether oxygens (including phenoxy) is 1. The van der Waals surface area contributed by atoms with Crippen molar-refractivity contribution in [3.8, 4) is 0 Å². The van der Waals surface area contributed by atoms with E-state index in [0.717, 1.165) is 24.0 Å². The maximum atomic E-state index is 12.1. The number of benzene rings is 1. The normalized spacial score (nSPS) is 20.4. The summed E-state index contributed by atoms with van der Waals surface area (Å²) in [5.74, 6) is -0.786. The van der Waals surface area contributed by atoms with Gasteiger partial charge in [0.2, 0.25) is 5.91 Å². The van der Waals surface area contributed by atoms with Crippen molar-refractivity contribution in [3.63, 3.8) is 0 Å². The molecule has 2 aliphatic heterocycles. The van der Waals surface area contributed by atoms with E-state index < -0.39 is 12.0 Å². The molecule has 3 rings (SSSR count). The average Bonchev–Trinajstić information content (AvgIpc) is 3.06. The van der Waals surface area contributed by atoms with Crippen molar-refractivity contribution >= 4 is 11.9 Å². The third-order valence-corrected chi connectivity index (χ3v) is 4.97. The van der Waals surface area contributed by atoms with Gasteiger partial charge in [0.15, 0.2) is 0 Å². The number of carboxylic acid groups (broad SMARTS) is 1. The molecule has 1 aromatic rings. The zero-order valence-corrected chi connectivity index (χ0v) is 15.0. The fraction of sp³-hybridized carbons (Fsp3) is 0.500. The number of rotatable bonds is 7. The third kappa shape index (κ3) is 4.71. The smallest absolute Gasteiger partial charge is 0.325 e. The summed E-state index contributed by atoms with van der Waals surface area (Å²) in [6.07, 6.45) is 4.53. The van der Waals surface area contributed by atoms with E-state index >= 15 is 0 Å². The van der Waals surface area contributed by atoms with Crippen LogP contribution in [0.1, 0.15) is 24.8 Å². The molecule has 2 aliphatic rings. The predicted octanol–water partition coefficient (Wildman–Crippen LogP) is 1.91. The number of nitrogens with zero attached hydrogens (tertiary/aromatic N) is 2. The molecule has 6 nitrogen and oxygen atoms in total. The minimum absolute atomic E-state index is 0.0772. The van der Waals surface area contributed by atoms with Gasteiger partial charge in [0.05, 0.1) is 13.2 Å². The zero-order valence-electron chi connectivity index (χ0n) is 15.0. The average molecular weight is 358 g/mol. The number of aryl methyl sites for hydroxylation is 1. The van der Waals surface area contributed by atoms with Crippen LogP contribution in [-0.4, -0.2) is 65.7 Å². The van der Waals surface area contributed by atoms with E-state index in [-0.39, 0.29) is 5.91 Å². The first-order valence-corrected chi connectivity index (χ1v) is 9.24. The second kappa shape index (κ2) is 8.96. The van der Waals surface area contributed by atoms with Gasteiger partial charge in [-0.2, -0.15) is 0 Å². The highest BCUT2D eigenvalue weighted by atomic mass is 16.5. The summed E-state index contributed by atoms with van der Waals surface area (Å²) in [4.78, 5) is 27.8. The summed E-state index contributed by atoms with van der Waals surface area (Å²) in [7, 11) is 0. The van der Waals surface area contributed by atoms with Crippen molar-refractivity contribution < 1.29 is 19.4 Å². The molecule has 1 amide bonds. The Morgan fingerprint density at radius 2 is 1.92 bits per heavy atom. The van der Waals surface area contributed by atoms with Crippen molar-refractivity contribution in [1.82, 2.24) is 9.80 Å². The van der Waals surface area contributed by atoms with Crippen LogP contribution in [0.25, 0.3) is 0 Å². The largest absolute Gasteiger partial charge is 0.480 e. The van der Waals surface area contributed by atoms with Gasteiger partial charge in [-0.15, -0.1) is 0 Å². The Bertz CT molecular complexity index is 653. The van der Waals surface area contributed by atoms with Crippen LogP contribution in [0, 0.1) is 0 Å². The predicted molar refractivity (Wildman–Crippen MR) is 97.6 cm³/mol. The number of carboxylic acids is 1. The molecule has 140 valence electrons. The molecular formula is C20H26N2O4. The summed E-state index contributed by atoms with van der Waals surface area (Å²) >= 11 is 0. The Morgan fingerprint density at radius 1 is 1.19 bits per heavy atom. The van der Waals surface area contributed by atoms with E-state index in [1.165, 1.54) is 0 Å². The van der Waals surface area contributed by atoms with Crippen molar-refractivity contribution in [2.24, 2.45) is 0 Å². The van der Waals surface area contributed by atoms with Crippen molar-refractivity contribution in [1.29, 1.82) is 0 Å². The molecule has 1 aromatic carbocycles. The van der Waals surface area contributed by atoms with Crippen LogP contribution in [-0.2, 0) is 20.7 Å². The van der Waals surface area contributed by atoms with Crippen LogP contribution in [0.2, 0.25) is 0 Å². The van der Waals surface area contributed by atoms with Crippen LogP contribution in [0.3, 0.4) is 0 Å². The molecule has 0 saturated carbocycles. The SMILES string of the molecule is O=C(O)C(/C(=C/N1CCCC1=O)CCc1ccccc1)N1CCOCC1. The van der Waals surface area contributed by atoms with Gasteiger partial charge in [-0.1, -0.05) is 30.3 Å². The van der Waals surface area contributed by atoms with Crippen LogP contribution in [0.15, 0.2) is 42.1 Å². The van der Waals surface area contributed by atoms with Gasteiger partial charge in [0.25, 0.3) is 0 Å². The van der Waals surface area contributed by atoms with E-state index in [2.05, 4.69) is 0 Å². The highest BCUT2D eigenvalue weighted by molar-refractivity contribution is 5.80. The van der Waals surface area contributed by atoms with E-state index in [4.69, 9.17) is 4.74 Å². The van der Waals surface area contributed by atoms with Gasteiger partial charge < -0.3 is 14.7 Å². The molecule has 0 radical (unpaired) electrons. The van der Waals surface area contributed by atoms with Gasteiger partial charge >= 0.3 is 5.97 Å². The topological polar surface area (TPSA) is 70.1 Å². The molecule has 1 atom stereocenters. The van der Waals surface area contributed by atoms with E-state index in [1.54, 1.807) is 11.1 Å². The Morgan fingerprint density at radius 3 is 2.54 bits per heavy atom. The van der Waals surface area contributed by atoms with Gasteiger partial charge in [-0.25, -0.2) is 0 Å². The number of hydrogen-bond donors (Lipinski definition) is 1. The van der Waals surface area contributed by atoms with Gasteiger partial charge in [0, 0.05) is 32.3 Å². The summed E-state index contributed by atoms with van der Waals surface area (Å²) in [5.41, 5.74) is 1.95. The zero-order chi connectivity index (χ0) is 18.4. The first kappa shape index (κ1) is 18.6. The summed E-state index contributed by atoms with van der Waals surface area (Å²) in [6, 6.07) is 9.32. The number of hydrogen-bond acceptors (Lipinski definition) is 4. The second-order valence-corrected chi connectivity index (χ2v) is 6.77. The quantitative estimate of drug-likeness (QED) is 0.806. The highest BCUT2D eigenvalue weighted by Crippen LogP contribution is 2.22. The molecule has 2 fully saturated rings. The number of morpholine rings is 1. The molecule has 0 spiro atoms. The maximum absolute atomic E-state index is 12.1. The van der Waals surface area contributed by atoms with E-state index in [9.17, 15) is 14.7 Å². The first-order chi connectivity index (χ1) is 12.6. The monoisotopic (exact) mass is 358 g/mol. The van der Waals surface area contributed by atoms with Crippen LogP contribution in [0.4, 0.5) is 0 Å². The number of amides is 1. The molecule has 2 heterocycles. The van der Waals surface area contributed by atoms with Crippen LogP contribution < -0.4 is 0 Å². The van der Waals surface area contributed by atoms with Crippen molar-refractivity contribution in [3.05, 3.63) is 47.7 Å². The Balaban J connectivity index is 1.83. The lowest BCUT2D eigenvalue weighted by Crippen LogP contribution is -2.48. The molecule has 6 heteroatoms. The van der Waals surface area contributed by atoms with Gasteiger partial charge in [-0.3, -0.25) is 14.5 Å². The lowest BCUT2D eigenvalue weighted by atomic mass is 9.97. The number of likely N-dealkylation sites (tertiary alicyclic amines) is 1. The molecule has 2 saturated heterocycles. The Hall–Kier alpha value is -2.18. The number of carbonyl (C=O) groups is 2. The molecule has 1 unspecified atom stereocenters. The van der Waals surface area contributed by atoms with Gasteiger partial charge in [-0.05, 0) is 30.4 Å². The highest BCUT2D eigenvalue weighted by Gasteiger charge is 2.31.